The zero-order chi connectivity index (χ0) is 13.6. The van der Waals surface area contributed by atoms with Crippen molar-refractivity contribution >= 4 is 39.1 Å². The molecule has 2 saturated heterocycles. The molecular formula is C13H13BrClNO3. The van der Waals surface area contributed by atoms with Crippen LogP contribution in [-0.2, 0) is 9.53 Å². The molecule has 102 valence electrons. The van der Waals surface area contributed by atoms with Crippen molar-refractivity contribution in [1.29, 1.82) is 0 Å². The first-order valence-corrected chi connectivity index (χ1v) is 7.36. The minimum Gasteiger partial charge on any atom is -0.505 e. The van der Waals surface area contributed by atoms with Crippen LogP contribution in [0.4, 0.5) is 5.69 Å². The second-order valence-corrected chi connectivity index (χ2v) is 6.28. The molecule has 0 aromatic heterocycles. The normalized spacial score (nSPS) is 28.6. The molecule has 19 heavy (non-hydrogen) atoms. The van der Waals surface area contributed by atoms with Crippen molar-refractivity contribution in [3.8, 4) is 5.75 Å². The maximum absolute atomic E-state index is 12.2. The number of benzene rings is 1. The van der Waals surface area contributed by atoms with E-state index in [0.29, 0.717) is 15.2 Å². The number of hydrogen-bond donors (Lipinski definition) is 2. The van der Waals surface area contributed by atoms with E-state index in [-0.39, 0.29) is 29.8 Å². The van der Waals surface area contributed by atoms with Gasteiger partial charge in [-0.3, -0.25) is 4.79 Å². The number of fused-ring (bicyclic) bond motifs is 2. The fraction of sp³-hybridized carbons (Fsp3) is 0.462. The van der Waals surface area contributed by atoms with E-state index in [2.05, 4.69) is 21.2 Å². The average molecular weight is 347 g/mol. The van der Waals surface area contributed by atoms with Crippen LogP contribution in [0.2, 0.25) is 5.02 Å². The number of hydrogen-bond acceptors (Lipinski definition) is 3. The van der Waals surface area contributed by atoms with E-state index in [4.69, 9.17) is 16.3 Å². The fourth-order valence-electron chi connectivity index (χ4n) is 2.80. The Morgan fingerprint density at radius 1 is 1.47 bits per heavy atom. The lowest BCUT2D eigenvalue weighted by Crippen LogP contribution is -2.30. The van der Waals surface area contributed by atoms with Gasteiger partial charge in [0.05, 0.1) is 28.3 Å². The Kier molecular flexibility index (Phi) is 3.45. The Labute approximate surface area is 124 Å². The second kappa shape index (κ2) is 4.96. The highest BCUT2D eigenvalue weighted by Gasteiger charge is 2.44. The Balaban J connectivity index is 1.76. The molecular weight excluding hydrogens is 334 g/mol. The molecule has 0 saturated carbocycles. The molecule has 2 fully saturated rings. The summed E-state index contributed by atoms with van der Waals surface area (Å²) >= 11 is 9.10. The standard InChI is InChI=1S/C13H13BrClNO3/c14-9-3-6(15)4-10(12(9)17)16-13(18)8-5-7-1-2-11(8)19-7/h3-4,7-8,11,17H,1-2,5H2,(H,16,18)/t7-,8+,11-/m1/s1. The van der Waals surface area contributed by atoms with Crippen LogP contribution in [0, 0.1) is 5.92 Å². The molecule has 4 nitrogen and oxygen atoms in total. The van der Waals surface area contributed by atoms with E-state index < -0.39 is 0 Å². The summed E-state index contributed by atoms with van der Waals surface area (Å²) in [5, 5.41) is 13.1. The summed E-state index contributed by atoms with van der Waals surface area (Å²) < 4.78 is 6.12. The Bertz CT molecular complexity index is 537. The largest absolute Gasteiger partial charge is 0.505 e. The number of carbonyl (C=O) groups is 1. The van der Waals surface area contributed by atoms with Gasteiger partial charge < -0.3 is 15.2 Å². The van der Waals surface area contributed by atoms with Gasteiger partial charge in [0, 0.05) is 5.02 Å². The van der Waals surface area contributed by atoms with Crippen LogP contribution in [0.3, 0.4) is 0 Å². The molecule has 2 bridgehead atoms. The van der Waals surface area contributed by atoms with Crippen molar-refractivity contribution < 1.29 is 14.6 Å². The summed E-state index contributed by atoms with van der Waals surface area (Å²) in [5.41, 5.74) is 0.326. The van der Waals surface area contributed by atoms with Crippen molar-refractivity contribution in [3.05, 3.63) is 21.6 Å². The molecule has 2 heterocycles. The van der Waals surface area contributed by atoms with Gasteiger partial charge in [0.15, 0.2) is 5.75 Å². The molecule has 2 aliphatic rings. The molecule has 0 aliphatic carbocycles. The predicted molar refractivity (Wildman–Crippen MR) is 75.4 cm³/mol. The van der Waals surface area contributed by atoms with E-state index in [1.807, 2.05) is 0 Å². The van der Waals surface area contributed by atoms with Crippen LogP contribution in [0.1, 0.15) is 19.3 Å². The molecule has 0 radical (unpaired) electrons. The van der Waals surface area contributed by atoms with Gasteiger partial charge in [-0.2, -0.15) is 0 Å². The van der Waals surface area contributed by atoms with E-state index in [1.165, 1.54) is 6.07 Å². The molecule has 0 spiro atoms. The minimum atomic E-state index is -0.129. The minimum absolute atomic E-state index is 0.0122. The van der Waals surface area contributed by atoms with Crippen molar-refractivity contribution in [3.63, 3.8) is 0 Å². The first-order chi connectivity index (χ1) is 9.04. The average Bonchev–Trinajstić information content (AvgIpc) is 2.97. The first kappa shape index (κ1) is 13.2. The molecule has 1 aromatic carbocycles. The summed E-state index contributed by atoms with van der Waals surface area (Å²) in [5.74, 6) is -0.255. The number of halogens is 2. The molecule has 3 atom stereocenters. The molecule has 1 aromatic rings. The van der Waals surface area contributed by atoms with Gasteiger partial charge in [-0.15, -0.1) is 0 Å². The zero-order valence-electron chi connectivity index (χ0n) is 10.0. The van der Waals surface area contributed by atoms with Crippen LogP contribution >= 0.6 is 27.5 Å². The van der Waals surface area contributed by atoms with Crippen LogP contribution < -0.4 is 5.32 Å². The summed E-state index contributed by atoms with van der Waals surface area (Å²) in [6.07, 6.45) is 2.99. The third-order valence-corrected chi connectivity index (χ3v) is 4.55. The SMILES string of the molecule is O=C(Nc1cc(Cl)cc(Br)c1O)[C@H]1C[C@H]2CC[C@H]1O2. The van der Waals surface area contributed by atoms with Gasteiger partial charge in [-0.05, 0) is 47.3 Å². The first-order valence-electron chi connectivity index (χ1n) is 6.19. The number of nitrogens with one attached hydrogen (secondary N) is 1. The van der Waals surface area contributed by atoms with Gasteiger partial charge in [0.25, 0.3) is 0 Å². The number of amides is 1. The number of carbonyl (C=O) groups excluding carboxylic acids is 1. The van der Waals surface area contributed by atoms with E-state index in [0.717, 1.165) is 19.3 Å². The van der Waals surface area contributed by atoms with Gasteiger partial charge in [0.2, 0.25) is 5.91 Å². The monoisotopic (exact) mass is 345 g/mol. The Hall–Kier alpha value is -0.780. The maximum atomic E-state index is 12.2. The van der Waals surface area contributed by atoms with E-state index in [9.17, 15) is 9.90 Å². The van der Waals surface area contributed by atoms with Crippen molar-refractivity contribution in [2.75, 3.05) is 5.32 Å². The molecule has 3 rings (SSSR count). The van der Waals surface area contributed by atoms with Crippen LogP contribution in [0.15, 0.2) is 16.6 Å². The maximum Gasteiger partial charge on any atom is 0.230 e. The van der Waals surface area contributed by atoms with Crippen molar-refractivity contribution in [1.82, 2.24) is 0 Å². The lowest BCUT2D eigenvalue weighted by Gasteiger charge is -2.18. The highest BCUT2D eigenvalue weighted by atomic mass is 79.9. The summed E-state index contributed by atoms with van der Waals surface area (Å²) in [6.45, 7) is 0. The summed E-state index contributed by atoms with van der Waals surface area (Å²) in [6, 6.07) is 3.11. The summed E-state index contributed by atoms with van der Waals surface area (Å²) in [4.78, 5) is 12.2. The van der Waals surface area contributed by atoms with Crippen LogP contribution in [0.5, 0.6) is 5.75 Å². The molecule has 1 amide bonds. The van der Waals surface area contributed by atoms with E-state index >= 15 is 0 Å². The lowest BCUT2D eigenvalue weighted by molar-refractivity contribution is -0.121. The Morgan fingerprint density at radius 3 is 2.89 bits per heavy atom. The number of rotatable bonds is 2. The Morgan fingerprint density at radius 2 is 2.26 bits per heavy atom. The lowest BCUT2D eigenvalue weighted by atomic mass is 9.88. The summed E-state index contributed by atoms with van der Waals surface area (Å²) in [7, 11) is 0. The molecule has 2 N–H and O–H groups in total. The van der Waals surface area contributed by atoms with Gasteiger partial charge in [-0.1, -0.05) is 11.6 Å². The number of anilines is 1. The second-order valence-electron chi connectivity index (χ2n) is 4.99. The topological polar surface area (TPSA) is 58.6 Å². The molecule has 0 unspecified atom stereocenters. The highest BCUT2D eigenvalue weighted by molar-refractivity contribution is 9.10. The predicted octanol–water partition coefficient (Wildman–Crippen LogP) is 3.31. The number of aromatic hydroxyl groups is 1. The van der Waals surface area contributed by atoms with Gasteiger partial charge in [0.1, 0.15) is 0 Å². The number of phenolic OH excluding ortho intramolecular Hbond substituents is 1. The van der Waals surface area contributed by atoms with Gasteiger partial charge >= 0.3 is 0 Å². The molecule has 6 heteroatoms. The van der Waals surface area contributed by atoms with Crippen LogP contribution in [-0.4, -0.2) is 23.2 Å². The third kappa shape index (κ3) is 2.47. The quantitative estimate of drug-likeness (QED) is 0.808. The number of phenols is 1. The number of ether oxygens (including phenoxy) is 1. The van der Waals surface area contributed by atoms with Gasteiger partial charge in [-0.25, -0.2) is 0 Å². The fourth-order valence-corrected chi connectivity index (χ4v) is 3.61. The third-order valence-electron chi connectivity index (χ3n) is 3.73. The molecule has 2 aliphatic heterocycles. The highest BCUT2D eigenvalue weighted by Crippen LogP contribution is 2.40. The smallest absolute Gasteiger partial charge is 0.230 e. The van der Waals surface area contributed by atoms with Crippen molar-refractivity contribution in [2.45, 2.75) is 31.5 Å². The zero-order valence-corrected chi connectivity index (χ0v) is 12.4. The van der Waals surface area contributed by atoms with Crippen LogP contribution in [0.25, 0.3) is 0 Å². The van der Waals surface area contributed by atoms with E-state index in [1.54, 1.807) is 6.07 Å². The van der Waals surface area contributed by atoms with Crippen molar-refractivity contribution in [2.24, 2.45) is 5.92 Å².